The van der Waals surface area contributed by atoms with Gasteiger partial charge < -0.3 is 14.4 Å². The zero-order valence-electron chi connectivity index (χ0n) is 15.7. The highest BCUT2D eigenvalue weighted by atomic mass is 16.5. The standard InChI is InChI=1S/C20H31N3O2/c1-23-11-8-19(6-7-20(14-18(19)23)21-9-10-22-20)13-15-4-5-16(24-2)17(12-15)25-3/h4-5,12,18,21-22H,6-11,13-14H2,1-3H3/t18-,19-/m0/s1. The van der Waals surface area contributed by atoms with Crippen molar-refractivity contribution in [2.24, 2.45) is 5.41 Å². The van der Waals surface area contributed by atoms with Gasteiger partial charge >= 0.3 is 0 Å². The third-order valence-electron chi connectivity index (χ3n) is 6.85. The van der Waals surface area contributed by atoms with Crippen LogP contribution in [0.4, 0.5) is 0 Å². The molecule has 1 aromatic rings. The van der Waals surface area contributed by atoms with Gasteiger partial charge in [0.1, 0.15) is 0 Å². The number of ether oxygens (including phenoxy) is 2. The quantitative estimate of drug-likeness (QED) is 0.874. The Morgan fingerprint density at radius 3 is 2.56 bits per heavy atom. The molecule has 5 nitrogen and oxygen atoms in total. The van der Waals surface area contributed by atoms with E-state index >= 15 is 0 Å². The van der Waals surface area contributed by atoms with Gasteiger partial charge in [0.15, 0.2) is 11.5 Å². The summed E-state index contributed by atoms with van der Waals surface area (Å²) in [5.74, 6) is 1.65. The maximum absolute atomic E-state index is 5.52. The summed E-state index contributed by atoms with van der Waals surface area (Å²) in [7, 11) is 5.71. The largest absolute Gasteiger partial charge is 0.493 e. The molecule has 0 radical (unpaired) electrons. The zero-order valence-corrected chi connectivity index (χ0v) is 15.7. The molecule has 0 bridgehead atoms. The Morgan fingerprint density at radius 1 is 1.08 bits per heavy atom. The average Bonchev–Trinajstić information content (AvgIpc) is 3.22. The van der Waals surface area contributed by atoms with Gasteiger partial charge in [0.25, 0.3) is 0 Å². The monoisotopic (exact) mass is 345 g/mol. The number of rotatable bonds is 4. The number of benzene rings is 1. The number of hydrogen-bond acceptors (Lipinski definition) is 5. The summed E-state index contributed by atoms with van der Waals surface area (Å²) < 4.78 is 10.9. The van der Waals surface area contributed by atoms with Crippen LogP contribution in [0.2, 0.25) is 0 Å². The van der Waals surface area contributed by atoms with Crippen LogP contribution in [-0.2, 0) is 6.42 Å². The van der Waals surface area contributed by atoms with E-state index in [1.54, 1.807) is 14.2 Å². The highest BCUT2D eigenvalue weighted by Gasteiger charge is 2.54. The maximum atomic E-state index is 5.52. The molecule has 2 saturated heterocycles. The van der Waals surface area contributed by atoms with E-state index in [9.17, 15) is 0 Å². The molecule has 138 valence electrons. The fourth-order valence-electron chi connectivity index (χ4n) is 5.43. The van der Waals surface area contributed by atoms with Gasteiger partial charge in [-0.05, 0) is 68.8 Å². The molecule has 1 spiro atoms. The van der Waals surface area contributed by atoms with E-state index in [1.165, 1.54) is 37.8 Å². The van der Waals surface area contributed by atoms with Crippen molar-refractivity contribution in [2.45, 2.75) is 43.8 Å². The molecule has 3 aliphatic rings. The van der Waals surface area contributed by atoms with Crippen LogP contribution in [0, 0.1) is 5.41 Å². The van der Waals surface area contributed by atoms with Gasteiger partial charge in [-0.3, -0.25) is 10.6 Å². The molecule has 1 saturated carbocycles. The second-order valence-corrected chi connectivity index (χ2v) is 8.11. The van der Waals surface area contributed by atoms with Crippen LogP contribution in [-0.4, -0.2) is 57.5 Å². The third kappa shape index (κ3) is 2.92. The molecule has 25 heavy (non-hydrogen) atoms. The average molecular weight is 345 g/mol. The van der Waals surface area contributed by atoms with Gasteiger partial charge in [0.2, 0.25) is 0 Å². The van der Waals surface area contributed by atoms with Crippen LogP contribution in [0.25, 0.3) is 0 Å². The van der Waals surface area contributed by atoms with Gasteiger partial charge in [-0.25, -0.2) is 0 Å². The SMILES string of the molecule is COc1ccc(C[C@]23CCN(C)[C@H]2CC2(CC3)NCCN2)cc1OC. The van der Waals surface area contributed by atoms with Gasteiger partial charge in [-0.15, -0.1) is 0 Å². The molecule has 2 aliphatic heterocycles. The molecule has 0 unspecified atom stereocenters. The van der Waals surface area contributed by atoms with Crippen molar-refractivity contribution in [3.63, 3.8) is 0 Å². The predicted octanol–water partition coefficient (Wildman–Crippen LogP) is 2.01. The minimum atomic E-state index is 0.171. The Labute approximate surface area is 151 Å². The van der Waals surface area contributed by atoms with E-state index < -0.39 is 0 Å². The Balaban J connectivity index is 1.58. The molecule has 2 heterocycles. The highest BCUT2D eigenvalue weighted by molar-refractivity contribution is 5.43. The Bertz CT molecular complexity index is 629. The number of methoxy groups -OCH3 is 2. The first-order valence-corrected chi connectivity index (χ1v) is 9.51. The first-order valence-electron chi connectivity index (χ1n) is 9.51. The van der Waals surface area contributed by atoms with Gasteiger partial charge in [-0.1, -0.05) is 6.07 Å². The minimum absolute atomic E-state index is 0.171. The highest BCUT2D eigenvalue weighted by Crippen LogP contribution is 2.51. The summed E-state index contributed by atoms with van der Waals surface area (Å²) in [6.45, 7) is 3.40. The number of nitrogens with zero attached hydrogens (tertiary/aromatic N) is 1. The van der Waals surface area contributed by atoms with Crippen molar-refractivity contribution in [3.8, 4) is 11.5 Å². The second-order valence-electron chi connectivity index (χ2n) is 8.11. The third-order valence-corrected chi connectivity index (χ3v) is 6.85. The summed E-state index contributed by atoms with van der Waals surface area (Å²) in [5.41, 5.74) is 1.91. The lowest BCUT2D eigenvalue weighted by atomic mass is 9.64. The molecular formula is C20H31N3O2. The molecule has 2 N–H and O–H groups in total. The first kappa shape index (κ1) is 17.1. The Kier molecular flexibility index (Phi) is 4.42. The van der Waals surface area contributed by atoms with Gasteiger partial charge in [-0.2, -0.15) is 0 Å². The predicted molar refractivity (Wildman–Crippen MR) is 99.3 cm³/mol. The van der Waals surface area contributed by atoms with Gasteiger partial charge in [0, 0.05) is 19.1 Å². The summed E-state index contributed by atoms with van der Waals surface area (Å²) in [6.07, 6.45) is 6.12. The van der Waals surface area contributed by atoms with Crippen molar-refractivity contribution < 1.29 is 9.47 Å². The lowest BCUT2D eigenvalue weighted by Crippen LogP contribution is -2.59. The summed E-state index contributed by atoms with van der Waals surface area (Å²) in [6, 6.07) is 7.05. The van der Waals surface area contributed by atoms with Crippen molar-refractivity contribution in [2.75, 3.05) is 40.9 Å². The fraction of sp³-hybridized carbons (Fsp3) is 0.700. The van der Waals surface area contributed by atoms with Crippen molar-refractivity contribution >= 4 is 0 Å². The second kappa shape index (κ2) is 6.45. The zero-order chi connectivity index (χ0) is 17.5. The molecule has 1 aliphatic carbocycles. The van der Waals surface area contributed by atoms with E-state index in [4.69, 9.17) is 9.47 Å². The van der Waals surface area contributed by atoms with E-state index in [0.717, 1.165) is 31.0 Å². The smallest absolute Gasteiger partial charge is 0.160 e. The lowest BCUT2D eigenvalue weighted by Gasteiger charge is -2.49. The summed E-state index contributed by atoms with van der Waals surface area (Å²) >= 11 is 0. The molecule has 2 atom stereocenters. The molecule has 0 amide bonds. The summed E-state index contributed by atoms with van der Waals surface area (Å²) in [5, 5.41) is 7.49. The molecule has 3 fully saturated rings. The van der Waals surface area contributed by atoms with Crippen LogP contribution < -0.4 is 20.1 Å². The number of hydrogen-bond donors (Lipinski definition) is 2. The van der Waals surface area contributed by atoms with E-state index in [1.807, 2.05) is 6.07 Å². The molecule has 5 heteroatoms. The van der Waals surface area contributed by atoms with Crippen LogP contribution in [0.3, 0.4) is 0 Å². The summed E-state index contributed by atoms with van der Waals surface area (Å²) in [4.78, 5) is 2.59. The van der Waals surface area contributed by atoms with Crippen molar-refractivity contribution in [1.82, 2.24) is 15.5 Å². The Morgan fingerprint density at radius 2 is 1.84 bits per heavy atom. The molecule has 4 rings (SSSR count). The van der Waals surface area contributed by atoms with Crippen LogP contribution >= 0.6 is 0 Å². The normalized spacial score (nSPS) is 31.2. The van der Waals surface area contributed by atoms with E-state index in [0.29, 0.717) is 11.5 Å². The van der Waals surface area contributed by atoms with Crippen LogP contribution in [0.15, 0.2) is 18.2 Å². The minimum Gasteiger partial charge on any atom is -0.493 e. The van der Waals surface area contributed by atoms with Crippen molar-refractivity contribution in [1.29, 1.82) is 0 Å². The van der Waals surface area contributed by atoms with E-state index in [2.05, 4.69) is 34.7 Å². The number of nitrogens with one attached hydrogen (secondary N) is 2. The molecule has 1 aromatic carbocycles. The lowest BCUT2D eigenvalue weighted by molar-refractivity contribution is 0.0505. The fourth-order valence-corrected chi connectivity index (χ4v) is 5.43. The maximum Gasteiger partial charge on any atom is 0.160 e. The Hall–Kier alpha value is -1.30. The first-order chi connectivity index (χ1) is 12.1. The molecule has 0 aromatic heterocycles. The van der Waals surface area contributed by atoms with Gasteiger partial charge in [0.05, 0.1) is 19.9 Å². The van der Waals surface area contributed by atoms with Crippen molar-refractivity contribution in [3.05, 3.63) is 23.8 Å². The van der Waals surface area contributed by atoms with E-state index in [-0.39, 0.29) is 5.66 Å². The van der Waals surface area contributed by atoms with Crippen LogP contribution in [0.5, 0.6) is 11.5 Å². The number of likely N-dealkylation sites (tertiary alicyclic amines) is 1. The molecular weight excluding hydrogens is 314 g/mol. The number of fused-ring (bicyclic) bond motifs is 1. The topological polar surface area (TPSA) is 45.8 Å². The van der Waals surface area contributed by atoms with Crippen LogP contribution in [0.1, 0.15) is 31.2 Å².